The number of hydrogen-bond acceptors (Lipinski definition) is 3. The summed E-state index contributed by atoms with van der Waals surface area (Å²) in [4.78, 5) is 1.42. The summed E-state index contributed by atoms with van der Waals surface area (Å²) in [5.74, 6) is 2.54. The number of thioether (sulfide) groups is 1. The maximum atomic E-state index is 10.9. The van der Waals surface area contributed by atoms with Gasteiger partial charge in [0, 0.05) is 52.5 Å². The highest BCUT2D eigenvalue weighted by Gasteiger charge is 2.21. The van der Waals surface area contributed by atoms with Crippen LogP contribution < -0.4 is 5.32 Å². The molecular formula is C12H17NOS2. The minimum absolute atomic E-state index is 0.617. The molecule has 1 heterocycles. The lowest BCUT2D eigenvalue weighted by molar-refractivity contribution is 0.638. The largest absolute Gasteiger partial charge is 0.315 e. The van der Waals surface area contributed by atoms with Gasteiger partial charge < -0.3 is 5.32 Å². The lowest BCUT2D eigenvalue weighted by Gasteiger charge is -2.11. The van der Waals surface area contributed by atoms with E-state index in [1.165, 1.54) is 16.2 Å². The Labute approximate surface area is 104 Å². The van der Waals surface area contributed by atoms with Gasteiger partial charge in [-0.1, -0.05) is 18.2 Å². The molecule has 1 aromatic rings. The fourth-order valence-electron chi connectivity index (χ4n) is 1.89. The van der Waals surface area contributed by atoms with Crippen molar-refractivity contribution in [3.63, 3.8) is 0 Å². The summed E-state index contributed by atoms with van der Waals surface area (Å²) in [6, 6.07) is 8.63. The van der Waals surface area contributed by atoms with Crippen LogP contribution in [0.15, 0.2) is 29.2 Å². The Kier molecular flexibility index (Phi) is 4.44. The molecule has 0 aromatic heterocycles. The van der Waals surface area contributed by atoms with Crippen molar-refractivity contribution in [3.05, 3.63) is 29.8 Å². The van der Waals surface area contributed by atoms with Gasteiger partial charge in [-0.05, 0) is 11.6 Å². The molecule has 2 atom stereocenters. The van der Waals surface area contributed by atoms with Crippen molar-refractivity contribution in [2.24, 2.45) is 0 Å². The average molecular weight is 255 g/mol. The normalized spacial score (nSPS) is 20.7. The molecule has 88 valence electrons. The summed E-state index contributed by atoms with van der Waals surface area (Å²) >= 11 is 1.94. The van der Waals surface area contributed by atoms with Crippen LogP contribution in [0.25, 0.3) is 0 Å². The van der Waals surface area contributed by atoms with E-state index in [2.05, 4.69) is 29.6 Å². The first-order chi connectivity index (χ1) is 7.77. The Balaban J connectivity index is 1.82. The van der Waals surface area contributed by atoms with Crippen LogP contribution in [-0.4, -0.2) is 35.1 Å². The van der Waals surface area contributed by atoms with Gasteiger partial charge in [-0.2, -0.15) is 0 Å². The van der Waals surface area contributed by atoms with Gasteiger partial charge in [-0.25, -0.2) is 0 Å². The molecule has 1 aromatic carbocycles. The molecule has 0 saturated carbocycles. The van der Waals surface area contributed by atoms with Crippen molar-refractivity contribution in [3.8, 4) is 0 Å². The first-order valence-electron chi connectivity index (χ1n) is 5.50. The summed E-state index contributed by atoms with van der Waals surface area (Å²) in [6.07, 6.45) is 1.75. The predicted octanol–water partition coefficient (Wildman–Crippen LogP) is 1.84. The third kappa shape index (κ3) is 3.09. The summed E-state index contributed by atoms with van der Waals surface area (Å²) in [6.45, 7) is 1.85. The molecule has 0 spiro atoms. The lowest BCUT2D eigenvalue weighted by atomic mass is 10.0. The summed E-state index contributed by atoms with van der Waals surface area (Å²) < 4.78 is 10.9. The monoisotopic (exact) mass is 255 g/mol. The standard InChI is InChI=1S/C12H17NOS2/c1-16(14)7-6-13-8-10-9-15-12-5-3-2-4-11(10)12/h2-5,10,13H,6-9H2,1H3. The van der Waals surface area contributed by atoms with Crippen molar-refractivity contribution in [2.75, 3.05) is 30.9 Å². The molecule has 2 nitrogen and oxygen atoms in total. The Morgan fingerprint density at radius 2 is 2.31 bits per heavy atom. The Bertz CT molecular complexity index is 381. The predicted molar refractivity (Wildman–Crippen MR) is 71.7 cm³/mol. The first-order valence-corrected chi connectivity index (χ1v) is 8.21. The fraction of sp³-hybridized carbons (Fsp3) is 0.500. The quantitative estimate of drug-likeness (QED) is 0.814. The first kappa shape index (κ1) is 12.1. The van der Waals surface area contributed by atoms with Gasteiger partial charge >= 0.3 is 0 Å². The molecule has 0 radical (unpaired) electrons. The SMILES string of the molecule is CS(=O)CCNCC1CSc2ccccc21. The maximum absolute atomic E-state index is 10.9. The van der Waals surface area contributed by atoms with Crippen molar-refractivity contribution in [2.45, 2.75) is 10.8 Å². The van der Waals surface area contributed by atoms with E-state index in [4.69, 9.17) is 0 Å². The molecule has 4 heteroatoms. The van der Waals surface area contributed by atoms with Crippen LogP contribution in [0.2, 0.25) is 0 Å². The van der Waals surface area contributed by atoms with Gasteiger partial charge in [0.25, 0.3) is 0 Å². The molecular weight excluding hydrogens is 238 g/mol. The van der Waals surface area contributed by atoms with Crippen molar-refractivity contribution in [1.82, 2.24) is 5.32 Å². The smallest absolute Gasteiger partial charge is 0.0357 e. The molecule has 16 heavy (non-hydrogen) atoms. The van der Waals surface area contributed by atoms with Gasteiger partial charge in [-0.3, -0.25) is 4.21 Å². The average Bonchev–Trinajstić information content (AvgIpc) is 2.68. The lowest BCUT2D eigenvalue weighted by Crippen LogP contribution is -2.25. The van der Waals surface area contributed by atoms with Crippen LogP contribution in [0.3, 0.4) is 0 Å². The topological polar surface area (TPSA) is 29.1 Å². The zero-order valence-electron chi connectivity index (χ0n) is 9.44. The highest BCUT2D eigenvalue weighted by atomic mass is 32.2. The second kappa shape index (κ2) is 5.84. The second-order valence-corrected chi connectivity index (χ2v) is 6.64. The molecule has 0 amide bonds. The van der Waals surface area contributed by atoms with Crippen LogP contribution in [-0.2, 0) is 10.8 Å². The number of rotatable bonds is 5. The zero-order valence-corrected chi connectivity index (χ0v) is 11.1. The van der Waals surface area contributed by atoms with Gasteiger partial charge in [0.2, 0.25) is 0 Å². The van der Waals surface area contributed by atoms with E-state index >= 15 is 0 Å². The number of hydrogen-bond donors (Lipinski definition) is 1. The van der Waals surface area contributed by atoms with Gasteiger partial charge in [-0.15, -0.1) is 11.8 Å². The van der Waals surface area contributed by atoms with E-state index < -0.39 is 10.8 Å². The fourth-order valence-corrected chi connectivity index (χ4v) is 3.58. The number of benzene rings is 1. The van der Waals surface area contributed by atoms with Crippen LogP contribution in [0.5, 0.6) is 0 Å². The molecule has 0 fully saturated rings. The molecule has 1 aliphatic rings. The Hall–Kier alpha value is -0.320. The Morgan fingerprint density at radius 1 is 1.50 bits per heavy atom. The number of nitrogens with one attached hydrogen (secondary N) is 1. The molecule has 2 unspecified atom stereocenters. The molecule has 2 rings (SSSR count). The van der Waals surface area contributed by atoms with Gasteiger partial charge in [0.1, 0.15) is 0 Å². The van der Waals surface area contributed by atoms with Gasteiger partial charge in [0.05, 0.1) is 0 Å². The van der Waals surface area contributed by atoms with E-state index in [1.807, 2.05) is 11.8 Å². The zero-order chi connectivity index (χ0) is 11.4. The highest BCUT2D eigenvalue weighted by molar-refractivity contribution is 7.99. The second-order valence-electron chi connectivity index (χ2n) is 4.03. The van der Waals surface area contributed by atoms with E-state index in [1.54, 1.807) is 6.26 Å². The molecule has 0 bridgehead atoms. The van der Waals surface area contributed by atoms with Crippen LogP contribution in [0.1, 0.15) is 11.5 Å². The molecule has 1 N–H and O–H groups in total. The van der Waals surface area contributed by atoms with Crippen molar-refractivity contribution in [1.29, 1.82) is 0 Å². The van der Waals surface area contributed by atoms with Crippen LogP contribution >= 0.6 is 11.8 Å². The molecule has 0 aliphatic carbocycles. The summed E-state index contributed by atoms with van der Waals surface area (Å²) in [7, 11) is -0.681. The number of fused-ring (bicyclic) bond motifs is 1. The minimum atomic E-state index is -0.681. The van der Waals surface area contributed by atoms with E-state index in [0.29, 0.717) is 5.92 Å². The Morgan fingerprint density at radius 3 is 3.12 bits per heavy atom. The van der Waals surface area contributed by atoms with Crippen LogP contribution in [0.4, 0.5) is 0 Å². The summed E-state index contributed by atoms with van der Waals surface area (Å²) in [5, 5.41) is 3.39. The molecule has 0 saturated heterocycles. The highest BCUT2D eigenvalue weighted by Crippen LogP contribution is 2.38. The van der Waals surface area contributed by atoms with Crippen molar-refractivity contribution < 1.29 is 4.21 Å². The van der Waals surface area contributed by atoms with Crippen molar-refractivity contribution >= 4 is 22.6 Å². The van der Waals surface area contributed by atoms with E-state index in [-0.39, 0.29) is 0 Å². The molecule has 1 aliphatic heterocycles. The van der Waals surface area contributed by atoms with E-state index in [0.717, 1.165) is 18.8 Å². The maximum Gasteiger partial charge on any atom is 0.0357 e. The minimum Gasteiger partial charge on any atom is -0.315 e. The van der Waals surface area contributed by atoms with Gasteiger partial charge in [0.15, 0.2) is 0 Å². The van der Waals surface area contributed by atoms with Crippen LogP contribution in [0, 0.1) is 0 Å². The summed E-state index contributed by atoms with van der Waals surface area (Å²) in [5.41, 5.74) is 1.47. The third-order valence-electron chi connectivity index (χ3n) is 2.76. The van der Waals surface area contributed by atoms with E-state index in [9.17, 15) is 4.21 Å². The third-order valence-corrected chi connectivity index (χ3v) is 4.79.